The zero-order valence-corrected chi connectivity index (χ0v) is 27.5. The van der Waals surface area contributed by atoms with E-state index in [1.54, 1.807) is 6.07 Å². The maximum Gasteiger partial charge on any atom is 0.337 e. The SMILES string of the molecule is C/C(=C\c1c(Br)ccnc1C)C(C)C.CC.CC.CC/C=C(\CCC)c1c(F)cc(C(=O)OC)cc1P. The minimum Gasteiger partial charge on any atom is -0.465 e. The molecule has 0 aliphatic rings. The van der Waals surface area contributed by atoms with Gasteiger partial charge in [0, 0.05) is 27.5 Å². The van der Waals surface area contributed by atoms with Gasteiger partial charge in [-0.05, 0) is 61.7 Å². The van der Waals surface area contributed by atoms with E-state index in [9.17, 15) is 9.18 Å². The molecule has 3 nitrogen and oxygen atoms in total. The Hall–Kier alpha value is -1.84. The van der Waals surface area contributed by atoms with Crippen LogP contribution in [0.4, 0.5) is 4.39 Å². The maximum atomic E-state index is 14.2. The fraction of sp³-hybridized carbons (Fsp3) is 0.484. The molecule has 0 amide bonds. The van der Waals surface area contributed by atoms with Crippen LogP contribution in [0.5, 0.6) is 0 Å². The first kappa shape index (κ1) is 37.3. The lowest BCUT2D eigenvalue weighted by Crippen LogP contribution is -2.11. The fourth-order valence-electron chi connectivity index (χ4n) is 3.16. The van der Waals surface area contributed by atoms with Crippen molar-refractivity contribution in [3.8, 4) is 0 Å². The van der Waals surface area contributed by atoms with Crippen LogP contribution in [-0.2, 0) is 4.74 Å². The van der Waals surface area contributed by atoms with Crippen LogP contribution in [0.25, 0.3) is 11.6 Å². The number of hydrogen-bond acceptors (Lipinski definition) is 3. The second-order valence-electron chi connectivity index (χ2n) is 8.14. The molecule has 0 saturated heterocycles. The van der Waals surface area contributed by atoms with Crippen LogP contribution < -0.4 is 5.30 Å². The molecule has 208 valence electrons. The van der Waals surface area contributed by atoms with Gasteiger partial charge in [-0.15, -0.1) is 9.24 Å². The van der Waals surface area contributed by atoms with Gasteiger partial charge in [0.25, 0.3) is 0 Å². The van der Waals surface area contributed by atoms with E-state index in [4.69, 9.17) is 0 Å². The summed E-state index contributed by atoms with van der Waals surface area (Å²) in [6.07, 6.45) is 8.70. The van der Waals surface area contributed by atoms with Gasteiger partial charge in [0.05, 0.1) is 12.7 Å². The Morgan fingerprint density at radius 2 is 1.78 bits per heavy atom. The summed E-state index contributed by atoms with van der Waals surface area (Å²) in [6, 6.07) is 4.87. The molecule has 2 rings (SSSR count). The van der Waals surface area contributed by atoms with Crippen LogP contribution in [0, 0.1) is 18.7 Å². The number of allylic oxidation sites excluding steroid dienone is 3. The first-order valence-electron chi connectivity index (χ1n) is 13.2. The highest BCUT2D eigenvalue weighted by molar-refractivity contribution is 9.10. The number of hydrogen-bond donors (Lipinski definition) is 0. The Morgan fingerprint density at radius 1 is 1.19 bits per heavy atom. The quantitative estimate of drug-likeness (QED) is 0.236. The molecule has 1 heterocycles. The van der Waals surface area contributed by atoms with E-state index in [2.05, 4.69) is 68.7 Å². The molecule has 37 heavy (non-hydrogen) atoms. The minimum atomic E-state index is -0.523. The lowest BCUT2D eigenvalue weighted by molar-refractivity contribution is 0.0600. The van der Waals surface area contributed by atoms with E-state index in [1.165, 1.54) is 24.3 Å². The summed E-state index contributed by atoms with van der Waals surface area (Å²) >= 11 is 3.54. The largest absolute Gasteiger partial charge is 0.465 e. The van der Waals surface area contributed by atoms with Crippen molar-refractivity contribution in [3.05, 3.63) is 68.7 Å². The van der Waals surface area contributed by atoms with Crippen LogP contribution in [0.2, 0.25) is 0 Å². The molecule has 2 aromatic rings. The number of esters is 1. The maximum absolute atomic E-state index is 14.2. The van der Waals surface area contributed by atoms with Crippen molar-refractivity contribution < 1.29 is 13.9 Å². The number of carbonyl (C=O) groups is 1. The highest BCUT2D eigenvalue weighted by Crippen LogP contribution is 2.25. The Balaban J connectivity index is 0. The molecule has 1 atom stereocenters. The standard InChI is InChI=1S/C15H20FO2P.C12H16BrN.2C2H6/c1-4-6-10(7-5-2)14-12(16)8-11(9-13(14)19)15(17)18-3;1-8(2)9(3)7-11-10(4)14-6-5-12(11)13;2*1-2/h6,8-9H,4-5,7,19H2,1-3H3;5-8H,1-4H3;2*1-2H3/b10-6+;9-7+;;. The van der Waals surface area contributed by atoms with Gasteiger partial charge in [-0.25, -0.2) is 9.18 Å². The molecule has 0 aliphatic carbocycles. The molecule has 0 fully saturated rings. The summed E-state index contributed by atoms with van der Waals surface area (Å²) in [6.45, 7) is 20.7. The van der Waals surface area contributed by atoms with Crippen LogP contribution in [-0.4, -0.2) is 18.1 Å². The normalized spacial score (nSPS) is 10.9. The predicted molar refractivity (Wildman–Crippen MR) is 168 cm³/mol. The second kappa shape index (κ2) is 21.1. The number of aryl methyl sites for hydroxylation is 1. The van der Waals surface area contributed by atoms with Gasteiger partial charge < -0.3 is 4.74 Å². The lowest BCUT2D eigenvalue weighted by Gasteiger charge is -2.13. The van der Waals surface area contributed by atoms with E-state index < -0.39 is 5.97 Å². The van der Waals surface area contributed by atoms with Crippen LogP contribution in [0.3, 0.4) is 0 Å². The zero-order chi connectivity index (χ0) is 29.1. The van der Waals surface area contributed by atoms with E-state index in [0.717, 1.165) is 35.0 Å². The molecule has 0 aliphatic heterocycles. The van der Waals surface area contributed by atoms with Gasteiger partial charge in [-0.3, -0.25) is 4.98 Å². The molecule has 1 aromatic heterocycles. The molecule has 0 N–H and O–H groups in total. The Morgan fingerprint density at radius 3 is 2.22 bits per heavy atom. The van der Waals surface area contributed by atoms with Gasteiger partial charge >= 0.3 is 5.97 Å². The molecule has 1 unspecified atom stereocenters. The number of ether oxygens (including phenoxy) is 1. The zero-order valence-electron chi connectivity index (χ0n) is 24.8. The van der Waals surface area contributed by atoms with Crippen molar-refractivity contribution in [1.82, 2.24) is 4.98 Å². The molecule has 1 aromatic carbocycles. The summed E-state index contributed by atoms with van der Waals surface area (Å²) in [7, 11) is 3.79. The fourth-order valence-corrected chi connectivity index (χ4v) is 4.18. The van der Waals surface area contributed by atoms with Crippen LogP contribution in [0.1, 0.15) is 109 Å². The second-order valence-corrected chi connectivity index (χ2v) is 9.61. The summed E-state index contributed by atoms with van der Waals surface area (Å²) in [5.74, 6) is -0.312. The predicted octanol–water partition coefficient (Wildman–Crippen LogP) is 9.97. The average Bonchev–Trinajstić information content (AvgIpc) is 2.88. The summed E-state index contributed by atoms with van der Waals surface area (Å²) in [5, 5.41) is 0.688. The smallest absolute Gasteiger partial charge is 0.337 e. The highest BCUT2D eigenvalue weighted by atomic mass is 79.9. The Labute approximate surface area is 236 Å². The molecule has 0 spiro atoms. The highest BCUT2D eigenvalue weighted by Gasteiger charge is 2.15. The summed E-state index contributed by atoms with van der Waals surface area (Å²) in [4.78, 5) is 15.7. The van der Waals surface area contributed by atoms with Gasteiger partial charge in [0.15, 0.2) is 0 Å². The van der Waals surface area contributed by atoms with Gasteiger partial charge in [0.2, 0.25) is 0 Å². The topological polar surface area (TPSA) is 39.2 Å². The van der Waals surface area contributed by atoms with Gasteiger partial charge in [-0.2, -0.15) is 0 Å². The Kier molecular flexibility index (Phi) is 21.3. The number of nitrogens with zero attached hydrogens (tertiary/aromatic N) is 1. The van der Waals surface area contributed by atoms with Crippen LogP contribution in [0.15, 0.2) is 40.5 Å². The van der Waals surface area contributed by atoms with Crippen molar-refractivity contribution >= 4 is 48.1 Å². The third-order valence-corrected chi connectivity index (χ3v) is 6.40. The first-order chi connectivity index (χ1) is 17.6. The number of halogens is 2. The molecule has 0 bridgehead atoms. The number of methoxy groups -OCH3 is 1. The van der Waals surface area contributed by atoms with Crippen molar-refractivity contribution in [2.75, 3.05) is 7.11 Å². The van der Waals surface area contributed by atoms with Gasteiger partial charge in [0.1, 0.15) is 5.82 Å². The van der Waals surface area contributed by atoms with E-state index >= 15 is 0 Å². The summed E-state index contributed by atoms with van der Waals surface area (Å²) < 4.78 is 20.0. The third kappa shape index (κ3) is 13.0. The Bertz CT molecular complexity index is 973. The average molecular weight is 597 g/mol. The van der Waals surface area contributed by atoms with E-state index in [1.807, 2.05) is 59.9 Å². The minimum absolute atomic E-state index is 0.237. The number of benzene rings is 1. The lowest BCUT2D eigenvalue weighted by atomic mass is 9.98. The van der Waals surface area contributed by atoms with E-state index in [-0.39, 0.29) is 11.4 Å². The molecule has 0 radical (unpaired) electrons. The molecular weight excluding hydrogens is 548 g/mol. The van der Waals surface area contributed by atoms with Crippen molar-refractivity contribution in [2.24, 2.45) is 5.92 Å². The number of aromatic nitrogens is 1. The monoisotopic (exact) mass is 595 g/mol. The number of carbonyl (C=O) groups excluding carboxylic acids is 1. The van der Waals surface area contributed by atoms with Crippen molar-refractivity contribution in [3.63, 3.8) is 0 Å². The number of rotatable bonds is 7. The molecule has 6 heteroatoms. The van der Waals surface area contributed by atoms with Gasteiger partial charge in [-0.1, -0.05) is 95.5 Å². The van der Waals surface area contributed by atoms with Crippen molar-refractivity contribution in [1.29, 1.82) is 0 Å². The number of pyridine rings is 1. The van der Waals surface area contributed by atoms with Crippen molar-refractivity contribution in [2.45, 2.75) is 88.5 Å². The third-order valence-electron chi connectivity index (χ3n) is 5.25. The molecule has 0 saturated carbocycles. The first-order valence-corrected chi connectivity index (χ1v) is 14.6. The van der Waals surface area contributed by atoms with E-state index in [0.29, 0.717) is 16.8 Å². The summed E-state index contributed by atoms with van der Waals surface area (Å²) in [5.41, 5.74) is 5.45. The molecular formula is C31H48BrFNO2P. The van der Waals surface area contributed by atoms with Crippen LogP contribution >= 0.6 is 25.2 Å².